The zero-order valence-electron chi connectivity index (χ0n) is 28.4. The smallest absolute Gasteiger partial charge is 0.407 e. The van der Waals surface area contributed by atoms with Gasteiger partial charge in [-0.15, -0.1) is 0 Å². The maximum Gasteiger partial charge on any atom is 0.407 e. The molecule has 1 N–H and O–H groups in total. The number of nitrogens with one attached hydrogen (secondary N) is 1. The van der Waals surface area contributed by atoms with Crippen molar-refractivity contribution in [3.8, 4) is 0 Å². The summed E-state index contributed by atoms with van der Waals surface area (Å²) < 4.78 is 5.99. The van der Waals surface area contributed by atoms with Gasteiger partial charge in [0.25, 0.3) is 0 Å². The number of allylic oxidation sites excluding steroid dienone is 2. The van der Waals surface area contributed by atoms with Gasteiger partial charge < -0.3 is 10.1 Å². The lowest BCUT2D eigenvalue weighted by molar-refractivity contribution is -0.126. The topological polar surface area (TPSA) is 38.3 Å². The molecule has 3 nitrogen and oxygen atoms in total. The summed E-state index contributed by atoms with van der Waals surface area (Å²) in [6, 6.07) is 0. The summed E-state index contributed by atoms with van der Waals surface area (Å²) >= 11 is 0. The SMILES string of the molecule is CCCCCCCC/C=C\CCCCCCCCNC(=O)O[C@@H]1CC[C@@]2(C)C(CCC3C2CC[C@@]2(C)C3CC[C@@H]2C)C1. The van der Waals surface area contributed by atoms with E-state index in [1.165, 1.54) is 128 Å². The molecule has 0 saturated heterocycles. The lowest BCUT2D eigenvalue weighted by Gasteiger charge is -2.61. The van der Waals surface area contributed by atoms with Gasteiger partial charge in [0.05, 0.1) is 0 Å². The highest BCUT2D eigenvalue weighted by Crippen LogP contribution is 2.67. The fourth-order valence-corrected chi connectivity index (χ4v) is 10.3. The summed E-state index contributed by atoms with van der Waals surface area (Å²) in [7, 11) is 0. The maximum absolute atomic E-state index is 12.6. The summed E-state index contributed by atoms with van der Waals surface area (Å²) in [5.41, 5.74) is 1.07. The molecule has 42 heavy (non-hydrogen) atoms. The van der Waals surface area contributed by atoms with Gasteiger partial charge in [-0.2, -0.15) is 0 Å². The number of carbonyl (C=O) groups is 1. The van der Waals surface area contributed by atoms with Crippen molar-refractivity contribution < 1.29 is 9.53 Å². The van der Waals surface area contributed by atoms with Crippen molar-refractivity contribution in [3.63, 3.8) is 0 Å². The molecule has 4 aliphatic carbocycles. The molecule has 0 radical (unpaired) electrons. The second kappa shape index (κ2) is 16.9. The molecular formula is C39H69NO2. The number of unbranched alkanes of at least 4 members (excludes halogenated alkanes) is 12. The highest BCUT2D eigenvalue weighted by Gasteiger charge is 2.59. The van der Waals surface area contributed by atoms with Crippen LogP contribution in [-0.2, 0) is 4.74 Å². The summed E-state index contributed by atoms with van der Waals surface area (Å²) in [5.74, 6) is 4.47. The summed E-state index contributed by atoms with van der Waals surface area (Å²) in [6.07, 6.45) is 35.1. The number of rotatable bonds is 17. The van der Waals surface area contributed by atoms with Crippen molar-refractivity contribution in [1.82, 2.24) is 5.32 Å². The van der Waals surface area contributed by atoms with Crippen molar-refractivity contribution in [3.05, 3.63) is 12.2 Å². The van der Waals surface area contributed by atoms with Gasteiger partial charge in [-0.25, -0.2) is 4.79 Å². The van der Waals surface area contributed by atoms with Gasteiger partial charge >= 0.3 is 6.09 Å². The Hall–Kier alpha value is -0.990. The fraction of sp³-hybridized carbons (Fsp3) is 0.923. The molecule has 4 unspecified atom stereocenters. The van der Waals surface area contributed by atoms with Crippen molar-refractivity contribution in [1.29, 1.82) is 0 Å². The Morgan fingerprint density at radius 2 is 1.36 bits per heavy atom. The second-order valence-electron chi connectivity index (χ2n) is 15.8. The molecule has 242 valence electrons. The number of hydrogen-bond acceptors (Lipinski definition) is 2. The lowest BCUT2D eigenvalue weighted by Crippen LogP contribution is -2.54. The van der Waals surface area contributed by atoms with Crippen LogP contribution in [-0.4, -0.2) is 18.7 Å². The van der Waals surface area contributed by atoms with Crippen LogP contribution >= 0.6 is 0 Å². The van der Waals surface area contributed by atoms with Crippen LogP contribution in [0.5, 0.6) is 0 Å². The number of ether oxygens (including phenoxy) is 1. The maximum atomic E-state index is 12.6. The van der Waals surface area contributed by atoms with Gasteiger partial charge in [0.1, 0.15) is 6.10 Å². The largest absolute Gasteiger partial charge is 0.446 e. The van der Waals surface area contributed by atoms with E-state index in [0.717, 1.165) is 55.4 Å². The van der Waals surface area contributed by atoms with E-state index >= 15 is 0 Å². The molecule has 0 aromatic carbocycles. The normalized spacial score (nSPS) is 35.9. The van der Waals surface area contributed by atoms with Crippen LogP contribution in [0.3, 0.4) is 0 Å². The Morgan fingerprint density at radius 3 is 2.07 bits per heavy atom. The average molecular weight is 584 g/mol. The van der Waals surface area contributed by atoms with E-state index in [4.69, 9.17) is 4.74 Å². The van der Waals surface area contributed by atoms with E-state index in [1.807, 2.05) is 0 Å². The van der Waals surface area contributed by atoms with E-state index in [1.54, 1.807) is 0 Å². The minimum absolute atomic E-state index is 0.125. The number of carbonyl (C=O) groups excluding carboxylic acids is 1. The lowest BCUT2D eigenvalue weighted by atomic mass is 9.45. The predicted octanol–water partition coefficient (Wildman–Crippen LogP) is 11.8. The van der Waals surface area contributed by atoms with E-state index in [0.29, 0.717) is 10.8 Å². The molecule has 1 amide bonds. The third-order valence-electron chi connectivity index (χ3n) is 13.3. The predicted molar refractivity (Wildman–Crippen MR) is 179 cm³/mol. The van der Waals surface area contributed by atoms with Crippen LogP contribution in [0.2, 0.25) is 0 Å². The molecule has 0 aromatic heterocycles. The van der Waals surface area contributed by atoms with E-state index < -0.39 is 0 Å². The number of fused-ring (bicyclic) bond motifs is 5. The molecule has 0 spiro atoms. The van der Waals surface area contributed by atoms with Gasteiger partial charge in [-0.05, 0) is 130 Å². The third kappa shape index (κ3) is 8.80. The summed E-state index contributed by atoms with van der Waals surface area (Å²) in [5, 5.41) is 3.07. The number of amides is 1. The molecule has 0 aliphatic heterocycles. The van der Waals surface area contributed by atoms with Crippen LogP contribution in [0.4, 0.5) is 4.79 Å². The first-order valence-corrected chi connectivity index (χ1v) is 19.0. The van der Waals surface area contributed by atoms with Crippen LogP contribution in [0.1, 0.15) is 175 Å². The van der Waals surface area contributed by atoms with Gasteiger partial charge in [-0.3, -0.25) is 0 Å². The van der Waals surface area contributed by atoms with E-state index in [2.05, 4.69) is 45.2 Å². The minimum Gasteiger partial charge on any atom is -0.446 e. The molecule has 0 aromatic rings. The highest BCUT2D eigenvalue weighted by atomic mass is 16.6. The highest BCUT2D eigenvalue weighted by molar-refractivity contribution is 5.67. The van der Waals surface area contributed by atoms with Crippen molar-refractivity contribution in [2.45, 2.75) is 181 Å². The molecule has 4 saturated carbocycles. The molecule has 3 heteroatoms. The average Bonchev–Trinajstić information content (AvgIpc) is 3.29. The van der Waals surface area contributed by atoms with Crippen LogP contribution < -0.4 is 5.32 Å². The zero-order chi connectivity index (χ0) is 29.8. The first-order valence-electron chi connectivity index (χ1n) is 19.0. The summed E-state index contributed by atoms with van der Waals surface area (Å²) in [6.45, 7) is 10.8. The van der Waals surface area contributed by atoms with Crippen molar-refractivity contribution in [2.24, 2.45) is 40.4 Å². The van der Waals surface area contributed by atoms with E-state index in [9.17, 15) is 4.79 Å². The molecule has 0 heterocycles. The molecular weight excluding hydrogens is 514 g/mol. The van der Waals surface area contributed by atoms with Crippen molar-refractivity contribution in [2.75, 3.05) is 6.54 Å². The molecule has 4 aliphatic rings. The molecule has 4 fully saturated rings. The Labute approximate surface area is 261 Å². The Balaban J connectivity index is 1.01. The van der Waals surface area contributed by atoms with Crippen LogP contribution in [0.25, 0.3) is 0 Å². The number of hydrogen-bond donors (Lipinski definition) is 1. The summed E-state index contributed by atoms with van der Waals surface area (Å²) in [4.78, 5) is 12.6. The van der Waals surface area contributed by atoms with Gasteiger partial charge in [0.2, 0.25) is 0 Å². The quantitative estimate of drug-likeness (QED) is 0.137. The standard InChI is InChI=1S/C39H69NO2/c1-5-6-7-8-9-10-11-12-13-14-15-16-17-18-19-20-29-40-37(41)42-33-25-27-39(4)32(30-33)22-23-34-35-24-21-31(2)38(35,3)28-26-36(34)39/h12-13,31-36H,5-11,14-30H2,1-4H3,(H,40,41)/b13-12-/t31-,32?,33+,34?,35?,36?,38+,39-/m0/s1. The van der Waals surface area contributed by atoms with Crippen LogP contribution in [0, 0.1) is 40.4 Å². The molecule has 8 atom stereocenters. The first kappa shape index (κ1) is 33.9. The Morgan fingerprint density at radius 1 is 0.738 bits per heavy atom. The second-order valence-corrected chi connectivity index (χ2v) is 15.8. The van der Waals surface area contributed by atoms with E-state index in [-0.39, 0.29) is 12.2 Å². The Kier molecular flexibility index (Phi) is 13.6. The zero-order valence-corrected chi connectivity index (χ0v) is 28.4. The third-order valence-corrected chi connectivity index (χ3v) is 13.3. The van der Waals surface area contributed by atoms with Crippen molar-refractivity contribution >= 4 is 6.09 Å². The first-order chi connectivity index (χ1) is 20.4. The Bertz CT molecular complexity index is 823. The number of alkyl carbamates (subject to hydrolysis) is 1. The minimum atomic E-state index is -0.168. The monoisotopic (exact) mass is 584 g/mol. The van der Waals surface area contributed by atoms with Crippen LogP contribution in [0.15, 0.2) is 12.2 Å². The van der Waals surface area contributed by atoms with Gasteiger partial charge in [0.15, 0.2) is 0 Å². The molecule has 4 rings (SSSR count). The fourth-order valence-electron chi connectivity index (χ4n) is 10.3. The molecule has 0 bridgehead atoms. The van der Waals surface area contributed by atoms with Gasteiger partial charge in [-0.1, -0.05) is 97.6 Å². The van der Waals surface area contributed by atoms with Gasteiger partial charge in [0, 0.05) is 6.54 Å².